The smallest absolute Gasteiger partial charge is 0 e. The summed E-state index contributed by atoms with van der Waals surface area (Å²) in [5.41, 5.74) is 0. The summed E-state index contributed by atoms with van der Waals surface area (Å²) in [4.78, 5) is 0. The largest absolute Gasteiger partial charge is 0 e. The number of hydrogen-bond donors (Lipinski definition) is 0. The van der Waals surface area contributed by atoms with Gasteiger partial charge in [0.05, 0.1) is 0 Å². The Morgan fingerprint density at radius 1 is 1.20 bits per heavy atom. The van der Waals surface area contributed by atoms with Crippen molar-refractivity contribution < 1.29 is 69.5 Å². The van der Waals surface area contributed by atoms with Crippen LogP contribution in [0.5, 0.6) is 0 Å². The van der Waals surface area contributed by atoms with E-state index in [1.54, 1.807) is 6.66 Å². The standard InChI is InChI=1S/BH2.Co.Cu.Ni.Re/h1H2;;;;/q+1;;-1;;. The molecule has 0 bridgehead atoms. The Morgan fingerprint density at radius 2 is 1.20 bits per heavy atom. The molecule has 0 saturated heterocycles. The van der Waals surface area contributed by atoms with E-state index < -0.39 is 0 Å². The third-order valence-corrected chi connectivity index (χ3v) is 0. The third-order valence-electron chi connectivity index (χ3n) is 0. The Hall–Kier alpha value is 2.25. The zero-order valence-corrected chi connectivity index (χ0v) is 8.02. The summed E-state index contributed by atoms with van der Waals surface area (Å²) in [5, 5.41) is 0. The predicted octanol–water partition coefficient (Wildman–Crippen LogP) is -0.926. The van der Waals surface area contributed by atoms with Gasteiger partial charge in [-0.2, -0.15) is 0 Å². The van der Waals surface area contributed by atoms with Crippen molar-refractivity contribution in [2.45, 2.75) is 0 Å². The van der Waals surface area contributed by atoms with Crippen LogP contribution in [0.3, 0.4) is 0 Å². The van der Waals surface area contributed by atoms with E-state index in [2.05, 4.69) is 15.8 Å². The molecule has 0 amide bonds. The van der Waals surface area contributed by atoms with Crippen LogP contribution >= 0.6 is 0 Å². The number of rotatable bonds is 0. The van der Waals surface area contributed by atoms with Gasteiger partial charge in [0.2, 0.25) is 0 Å². The van der Waals surface area contributed by atoms with Gasteiger partial charge in [-0.1, -0.05) is 0 Å². The van der Waals surface area contributed by atoms with Crippen molar-refractivity contribution in [2.24, 2.45) is 0 Å². The van der Waals surface area contributed by atoms with Crippen LogP contribution in [0.4, 0.5) is 0 Å². The van der Waals surface area contributed by atoms with Gasteiger partial charge in [-0.05, 0) is 0 Å². The van der Waals surface area contributed by atoms with Crippen LogP contribution in [0, 0.1) is 0 Å². The predicted molar refractivity (Wildman–Crippen MR) is 8.54 cm³/mol. The van der Waals surface area contributed by atoms with Crippen molar-refractivity contribution in [3.05, 3.63) is 0 Å². The summed E-state index contributed by atoms with van der Waals surface area (Å²) in [6.07, 6.45) is 0. The van der Waals surface area contributed by atoms with E-state index in [4.69, 9.17) is 0 Å². The molecule has 0 fully saturated rings. The van der Waals surface area contributed by atoms with Gasteiger partial charge in [0.1, 0.15) is 0 Å². The average molecular weight is 380 g/mol. The van der Waals surface area contributed by atoms with E-state index in [0.29, 0.717) is 0 Å². The van der Waals surface area contributed by atoms with E-state index in [1.165, 1.54) is 0 Å². The minimum Gasteiger partial charge on any atom is 0 e. The molecular formula is H2BCoCuNiRe. The molecule has 0 nitrogen and oxygen atoms in total. The molecule has 0 saturated carbocycles. The first-order chi connectivity index (χ1) is 1.00. The summed E-state index contributed by atoms with van der Waals surface area (Å²) in [6.45, 7) is 1.56. The first-order valence-corrected chi connectivity index (χ1v) is 1.24. The van der Waals surface area contributed by atoms with Crippen LogP contribution in [0.25, 0.3) is 0 Å². The van der Waals surface area contributed by atoms with E-state index in [9.17, 15) is 0 Å². The zero-order valence-electron chi connectivity index (χ0n) is 2.33. The zero-order chi connectivity index (χ0) is 2.00. The Bertz CT molecular complexity index is 11.6. The maximum atomic E-state index is 4.19. The molecule has 0 aromatic carbocycles. The molecule has 0 N–H and O–H groups in total. The van der Waals surface area contributed by atoms with Crippen LogP contribution in [0.1, 0.15) is 0 Å². The second-order valence-electron chi connectivity index (χ2n) is 0. The maximum absolute atomic E-state index is 4.19. The first-order valence-electron chi connectivity index (χ1n) is 0.302. The monoisotopic (exact) mass is 380 g/mol. The van der Waals surface area contributed by atoms with Crippen molar-refractivity contribution in [1.82, 2.24) is 0 Å². The molecule has 0 aromatic rings. The SMILES string of the molecule is [BH2][Cu].[Co].[Ni].[Re]. The molecule has 0 aliphatic rings. The molecule has 0 aliphatic heterocycles. The molecule has 42 valence electrons. The van der Waals surface area contributed by atoms with Crippen LogP contribution in [0.2, 0.25) is 0 Å². The maximum Gasteiger partial charge on any atom is 0 e. The summed E-state index contributed by atoms with van der Waals surface area (Å²) in [5.74, 6) is 0. The fraction of sp³-hybridized carbons (Fsp3) is 0. The Labute approximate surface area is 75.4 Å². The molecule has 0 atom stereocenters. The second kappa shape index (κ2) is 34.1. The van der Waals surface area contributed by atoms with Gasteiger partial charge in [-0.15, -0.1) is 0 Å². The van der Waals surface area contributed by atoms with Gasteiger partial charge in [0.25, 0.3) is 0 Å². The van der Waals surface area contributed by atoms with E-state index in [0.717, 1.165) is 0 Å². The normalized spacial score (nSPS) is 1.20. The quantitative estimate of drug-likeness (QED) is 0.477. The molecule has 0 aromatic heterocycles. The molecule has 0 aliphatic carbocycles. The summed E-state index contributed by atoms with van der Waals surface area (Å²) < 4.78 is 0. The Morgan fingerprint density at radius 3 is 1.20 bits per heavy atom. The van der Waals surface area contributed by atoms with E-state index >= 15 is 0 Å². The van der Waals surface area contributed by atoms with Crippen LogP contribution in [0.15, 0.2) is 0 Å². The minimum atomic E-state index is 0. The molecule has 0 unspecified atom stereocenters. The Balaban J connectivity index is -0.00000000167. The van der Waals surface area contributed by atoms with Gasteiger partial charge in [-0.3, -0.25) is 0 Å². The molecular weight excluding hydrogens is 378 g/mol. The van der Waals surface area contributed by atoms with Gasteiger partial charge >= 0.3 is 22.5 Å². The average Bonchev–Trinajstić information content (AvgIpc) is 1.00. The molecule has 0 rings (SSSR count). The van der Waals surface area contributed by atoms with E-state index in [-0.39, 0.29) is 53.7 Å². The number of hydrogen-bond acceptors (Lipinski definition) is 0. The topological polar surface area (TPSA) is 0 Å². The molecule has 2 radical (unpaired) electrons. The van der Waals surface area contributed by atoms with Crippen molar-refractivity contribution in [3.63, 3.8) is 0 Å². The van der Waals surface area contributed by atoms with Crippen LogP contribution in [-0.2, 0) is 69.5 Å². The molecule has 0 spiro atoms. The summed E-state index contributed by atoms with van der Waals surface area (Å²) in [6, 6.07) is 0. The van der Waals surface area contributed by atoms with Gasteiger partial charge in [-0.25, -0.2) is 0 Å². The van der Waals surface area contributed by atoms with E-state index in [1.807, 2.05) is 0 Å². The molecule has 5 heteroatoms. The summed E-state index contributed by atoms with van der Waals surface area (Å²) >= 11 is 4.19. The van der Waals surface area contributed by atoms with Crippen molar-refractivity contribution in [2.75, 3.05) is 0 Å². The van der Waals surface area contributed by atoms with Crippen molar-refractivity contribution in [3.8, 4) is 0 Å². The third kappa shape index (κ3) is 22.3. The molecule has 0 heterocycles. The molecule has 5 heavy (non-hydrogen) atoms. The minimum absolute atomic E-state index is 0. The Kier molecular flexibility index (Phi) is 183. The van der Waals surface area contributed by atoms with Crippen molar-refractivity contribution in [1.29, 1.82) is 0 Å². The first kappa shape index (κ1) is 26.8. The fourth-order valence-electron chi connectivity index (χ4n) is 0. The second-order valence-corrected chi connectivity index (χ2v) is 0. The fourth-order valence-corrected chi connectivity index (χ4v) is 0. The summed E-state index contributed by atoms with van der Waals surface area (Å²) in [7, 11) is 0. The van der Waals surface area contributed by atoms with Crippen LogP contribution in [-0.4, -0.2) is 6.66 Å². The van der Waals surface area contributed by atoms with Crippen LogP contribution < -0.4 is 0 Å². The van der Waals surface area contributed by atoms with Gasteiger partial charge < -0.3 is 0 Å². The van der Waals surface area contributed by atoms with Gasteiger partial charge in [0.15, 0.2) is 0 Å². The van der Waals surface area contributed by atoms with Crippen molar-refractivity contribution >= 4 is 6.66 Å². The van der Waals surface area contributed by atoms with Gasteiger partial charge in [0, 0.05) is 53.7 Å².